The molecule has 21 heavy (non-hydrogen) atoms. The highest BCUT2D eigenvalue weighted by atomic mass is 32.1. The maximum Gasteiger partial charge on any atom is 0.269 e. The minimum Gasteiger partial charge on any atom is -0.324 e. The highest BCUT2D eigenvalue weighted by molar-refractivity contribution is 7.10. The normalized spacial score (nSPS) is 12.4. The number of rotatable bonds is 6. The zero-order valence-electron chi connectivity index (χ0n) is 11.9. The molecule has 0 fully saturated rings. The third-order valence-electron chi connectivity index (χ3n) is 3.49. The van der Waals surface area contributed by atoms with Crippen molar-refractivity contribution in [3.05, 3.63) is 56.3 Å². The number of nitro benzene ring substituents is 1. The Morgan fingerprint density at radius 1 is 1.48 bits per heavy atom. The number of anilines is 1. The van der Waals surface area contributed by atoms with Gasteiger partial charge in [0.25, 0.3) is 5.69 Å². The third-order valence-corrected chi connectivity index (χ3v) is 4.53. The predicted octanol–water partition coefficient (Wildman–Crippen LogP) is 3.13. The molecular weight excluding hydrogens is 288 g/mol. The first-order valence-electron chi connectivity index (χ1n) is 6.50. The van der Waals surface area contributed by atoms with E-state index >= 15 is 0 Å². The lowest BCUT2D eigenvalue weighted by Crippen LogP contribution is -2.22. The number of benzene rings is 1. The van der Waals surface area contributed by atoms with Gasteiger partial charge in [-0.05, 0) is 37.0 Å². The summed E-state index contributed by atoms with van der Waals surface area (Å²) in [4.78, 5) is 13.9. The third kappa shape index (κ3) is 3.57. The van der Waals surface area contributed by atoms with Crippen molar-refractivity contribution in [1.29, 1.82) is 0 Å². The first-order valence-corrected chi connectivity index (χ1v) is 7.38. The van der Waals surface area contributed by atoms with Crippen molar-refractivity contribution in [3.63, 3.8) is 0 Å². The molecule has 1 aromatic heterocycles. The van der Waals surface area contributed by atoms with Gasteiger partial charge in [0.2, 0.25) is 0 Å². The molecule has 112 valence electrons. The van der Waals surface area contributed by atoms with Crippen molar-refractivity contribution >= 4 is 22.7 Å². The van der Waals surface area contributed by atoms with Crippen LogP contribution in [0.15, 0.2) is 35.7 Å². The van der Waals surface area contributed by atoms with Gasteiger partial charge in [-0.1, -0.05) is 6.07 Å². The number of thiophene rings is 1. The summed E-state index contributed by atoms with van der Waals surface area (Å²) < 4.78 is 0. The topological polar surface area (TPSA) is 84.4 Å². The zero-order valence-corrected chi connectivity index (χ0v) is 12.8. The quantitative estimate of drug-likeness (QED) is 0.486. The van der Waals surface area contributed by atoms with Gasteiger partial charge >= 0.3 is 0 Å². The number of nitrogen functional groups attached to an aromatic ring is 1. The Kier molecular flexibility index (Phi) is 4.89. The number of nitrogens with zero attached hydrogens (tertiary/aromatic N) is 2. The lowest BCUT2D eigenvalue weighted by molar-refractivity contribution is -0.384. The summed E-state index contributed by atoms with van der Waals surface area (Å²) in [6.45, 7) is 2.68. The van der Waals surface area contributed by atoms with Gasteiger partial charge in [0, 0.05) is 29.6 Å². The molecule has 0 radical (unpaired) electrons. The van der Waals surface area contributed by atoms with Crippen molar-refractivity contribution in [2.75, 3.05) is 12.5 Å². The molecule has 0 saturated heterocycles. The van der Waals surface area contributed by atoms with Gasteiger partial charge in [-0.2, -0.15) is 0 Å². The largest absolute Gasteiger partial charge is 0.324 e. The van der Waals surface area contributed by atoms with E-state index in [-0.39, 0.29) is 11.7 Å². The minimum atomic E-state index is -0.396. The van der Waals surface area contributed by atoms with Crippen LogP contribution in [-0.4, -0.2) is 16.9 Å². The maximum atomic E-state index is 10.9. The molecule has 0 amide bonds. The van der Waals surface area contributed by atoms with Crippen molar-refractivity contribution in [2.24, 2.45) is 5.84 Å². The van der Waals surface area contributed by atoms with Gasteiger partial charge in [0.05, 0.1) is 10.6 Å². The second-order valence-corrected chi connectivity index (χ2v) is 5.83. The smallest absolute Gasteiger partial charge is 0.269 e. The van der Waals surface area contributed by atoms with E-state index in [1.165, 1.54) is 10.9 Å². The Bertz CT molecular complexity index is 615. The first kappa shape index (κ1) is 15.4. The van der Waals surface area contributed by atoms with E-state index in [0.29, 0.717) is 12.2 Å². The van der Waals surface area contributed by atoms with Crippen molar-refractivity contribution in [3.8, 4) is 0 Å². The molecule has 1 heterocycles. The fraction of sp³-hybridized carbons (Fsp3) is 0.286. The van der Waals surface area contributed by atoms with Crippen LogP contribution in [0.1, 0.15) is 23.4 Å². The van der Waals surface area contributed by atoms with Crippen LogP contribution in [0.2, 0.25) is 0 Å². The molecule has 0 saturated carbocycles. The molecule has 1 atom stereocenters. The van der Waals surface area contributed by atoms with E-state index < -0.39 is 4.92 Å². The van der Waals surface area contributed by atoms with E-state index in [1.54, 1.807) is 23.5 Å². The van der Waals surface area contributed by atoms with Gasteiger partial charge in [-0.15, -0.1) is 11.3 Å². The lowest BCUT2D eigenvalue weighted by atomic mass is 10.1. The molecule has 6 nitrogen and oxygen atoms in total. The predicted molar refractivity (Wildman–Crippen MR) is 85.1 cm³/mol. The van der Waals surface area contributed by atoms with Crippen LogP contribution in [-0.2, 0) is 6.54 Å². The average Bonchev–Trinajstić information content (AvgIpc) is 3.00. The van der Waals surface area contributed by atoms with E-state index in [2.05, 4.69) is 23.3 Å². The Morgan fingerprint density at radius 3 is 2.81 bits per heavy atom. The highest BCUT2D eigenvalue weighted by Gasteiger charge is 2.16. The summed E-state index contributed by atoms with van der Waals surface area (Å²) in [7, 11) is 1.99. The van der Waals surface area contributed by atoms with Crippen LogP contribution in [0, 0.1) is 10.1 Å². The van der Waals surface area contributed by atoms with Crippen LogP contribution in [0.5, 0.6) is 0 Å². The maximum absolute atomic E-state index is 10.9. The minimum absolute atomic E-state index is 0.0705. The van der Waals surface area contributed by atoms with Crippen LogP contribution in [0.3, 0.4) is 0 Å². The Morgan fingerprint density at radius 2 is 2.24 bits per heavy atom. The fourth-order valence-corrected chi connectivity index (χ4v) is 2.97. The van der Waals surface area contributed by atoms with E-state index in [0.717, 1.165) is 5.56 Å². The number of nitrogens with two attached hydrogens (primary N) is 1. The molecule has 1 unspecified atom stereocenters. The summed E-state index contributed by atoms with van der Waals surface area (Å²) in [6.07, 6.45) is 0. The van der Waals surface area contributed by atoms with Crippen LogP contribution < -0.4 is 11.3 Å². The Labute approximate surface area is 127 Å². The zero-order chi connectivity index (χ0) is 15.4. The molecular formula is C14H18N4O2S. The molecule has 2 aromatic rings. The molecule has 0 spiro atoms. The summed E-state index contributed by atoms with van der Waals surface area (Å²) in [5.74, 6) is 5.49. The molecule has 2 rings (SSSR count). The second kappa shape index (κ2) is 6.66. The van der Waals surface area contributed by atoms with Crippen molar-refractivity contribution in [1.82, 2.24) is 4.90 Å². The summed E-state index contributed by atoms with van der Waals surface area (Å²) in [5, 5.41) is 12.9. The molecule has 0 aliphatic heterocycles. The molecule has 0 aliphatic carbocycles. The number of hydrazine groups is 1. The number of hydrogen-bond acceptors (Lipinski definition) is 6. The van der Waals surface area contributed by atoms with E-state index in [1.807, 2.05) is 18.5 Å². The Hall–Kier alpha value is -1.96. The van der Waals surface area contributed by atoms with Crippen molar-refractivity contribution in [2.45, 2.75) is 19.5 Å². The number of nitrogens with one attached hydrogen (secondary N) is 1. The molecule has 3 N–H and O–H groups in total. The standard InChI is InChI=1S/C14H18N4O2S/c1-10(14-4-3-7-21-14)17(2)9-11-8-12(18(19)20)5-6-13(11)16-15/h3-8,10,16H,9,15H2,1-2H3. The van der Waals surface area contributed by atoms with Gasteiger partial charge in [-0.25, -0.2) is 0 Å². The summed E-state index contributed by atoms with van der Waals surface area (Å²) in [5.41, 5.74) is 4.17. The average molecular weight is 306 g/mol. The molecule has 1 aromatic carbocycles. The monoisotopic (exact) mass is 306 g/mol. The fourth-order valence-electron chi connectivity index (χ4n) is 2.12. The molecule has 0 bridgehead atoms. The molecule has 7 heteroatoms. The van der Waals surface area contributed by atoms with Gasteiger partial charge in [0.1, 0.15) is 0 Å². The van der Waals surface area contributed by atoms with Gasteiger partial charge in [0.15, 0.2) is 0 Å². The van der Waals surface area contributed by atoms with Crippen LogP contribution >= 0.6 is 11.3 Å². The van der Waals surface area contributed by atoms with Crippen molar-refractivity contribution < 1.29 is 4.92 Å². The Balaban J connectivity index is 2.21. The highest BCUT2D eigenvalue weighted by Crippen LogP contribution is 2.28. The SMILES string of the molecule is CC(c1cccs1)N(C)Cc1cc([N+](=O)[O-])ccc1NN. The van der Waals surface area contributed by atoms with Gasteiger partial charge < -0.3 is 5.43 Å². The second-order valence-electron chi connectivity index (χ2n) is 4.85. The van der Waals surface area contributed by atoms with E-state index in [9.17, 15) is 10.1 Å². The first-order chi connectivity index (χ1) is 10.0. The number of non-ortho nitro benzene ring substituents is 1. The van der Waals surface area contributed by atoms with Gasteiger partial charge in [-0.3, -0.25) is 20.9 Å². The van der Waals surface area contributed by atoms with Crippen LogP contribution in [0.4, 0.5) is 11.4 Å². The number of hydrogen-bond donors (Lipinski definition) is 2. The number of nitro groups is 1. The summed E-state index contributed by atoms with van der Waals surface area (Å²) in [6, 6.07) is 8.98. The van der Waals surface area contributed by atoms with Crippen LogP contribution in [0.25, 0.3) is 0 Å². The van der Waals surface area contributed by atoms with E-state index in [4.69, 9.17) is 5.84 Å². The molecule has 0 aliphatic rings. The summed E-state index contributed by atoms with van der Waals surface area (Å²) >= 11 is 1.70. The lowest BCUT2D eigenvalue weighted by Gasteiger charge is -2.24.